The summed E-state index contributed by atoms with van der Waals surface area (Å²) in [6, 6.07) is 0.266. The average molecular weight is 251 g/mol. The molecule has 0 spiro atoms. The predicted octanol–water partition coefficient (Wildman–Crippen LogP) is 1.65. The van der Waals surface area contributed by atoms with E-state index in [9.17, 15) is 0 Å². The van der Waals surface area contributed by atoms with Crippen molar-refractivity contribution in [3.63, 3.8) is 0 Å². The molecule has 92 valence electrons. The zero-order valence-corrected chi connectivity index (χ0v) is 10.9. The molecule has 0 fully saturated rings. The fourth-order valence-corrected chi connectivity index (χ4v) is 2.50. The van der Waals surface area contributed by atoms with Crippen molar-refractivity contribution in [1.29, 1.82) is 0 Å². The molecule has 17 heavy (non-hydrogen) atoms. The second-order valence-corrected chi connectivity index (χ2v) is 4.77. The number of nitrogens with zero attached hydrogens (tertiary/aromatic N) is 4. The Balaban J connectivity index is 2.10. The molecular formula is C11H17N5S. The normalized spacial score (nSPS) is 12.8. The molecule has 0 saturated heterocycles. The summed E-state index contributed by atoms with van der Waals surface area (Å²) in [5.41, 5.74) is 1.86. The summed E-state index contributed by atoms with van der Waals surface area (Å²) in [5.74, 6) is 1.03. The summed E-state index contributed by atoms with van der Waals surface area (Å²) in [5, 5.41) is 7.54. The number of thiazole rings is 1. The summed E-state index contributed by atoms with van der Waals surface area (Å²) >= 11 is 1.67. The van der Waals surface area contributed by atoms with Gasteiger partial charge in [-0.2, -0.15) is 5.10 Å². The minimum Gasteiger partial charge on any atom is -0.312 e. The maximum atomic E-state index is 4.33. The first-order valence-corrected chi connectivity index (χ1v) is 6.65. The first-order valence-electron chi connectivity index (χ1n) is 5.77. The summed E-state index contributed by atoms with van der Waals surface area (Å²) in [6.45, 7) is 3.07. The van der Waals surface area contributed by atoms with Crippen molar-refractivity contribution in [1.82, 2.24) is 25.1 Å². The maximum absolute atomic E-state index is 4.33. The van der Waals surface area contributed by atoms with Crippen LogP contribution in [0.3, 0.4) is 0 Å². The lowest BCUT2D eigenvalue weighted by molar-refractivity contribution is 0.520. The van der Waals surface area contributed by atoms with E-state index in [1.807, 2.05) is 23.4 Å². The van der Waals surface area contributed by atoms with Crippen LogP contribution >= 0.6 is 11.3 Å². The lowest BCUT2D eigenvalue weighted by Crippen LogP contribution is -2.20. The molecule has 6 heteroatoms. The molecule has 0 aliphatic carbocycles. The molecule has 0 bridgehead atoms. The van der Waals surface area contributed by atoms with Crippen LogP contribution in [0.1, 0.15) is 30.1 Å². The van der Waals surface area contributed by atoms with Crippen molar-refractivity contribution in [2.45, 2.75) is 32.4 Å². The minimum atomic E-state index is 0.266. The topological polar surface area (TPSA) is 55.6 Å². The van der Waals surface area contributed by atoms with Gasteiger partial charge in [-0.1, -0.05) is 6.92 Å². The van der Waals surface area contributed by atoms with E-state index in [0.717, 1.165) is 25.2 Å². The fraction of sp³-hybridized carbons (Fsp3) is 0.545. The van der Waals surface area contributed by atoms with Gasteiger partial charge < -0.3 is 5.32 Å². The van der Waals surface area contributed by atoms with Crippen LogP contribution in [-0.4, -0.2) is 26.8 Å². The van der Waals surface area contributed by atoms with Gasteiger partial charge in [-0.15, -0.1) is 11.3 Å². The highest BCUT2D eigenvalue weighted by Crippen LogP contribution is 2.20. The number of hydrogen-bond donors (Lipinski definition) is 1. The van der Waals surface area contributed by atoms with Crippen molar-refractivity contribution in [2.75, 3.05) is 7.05 Å². The van der Waals surface area contributed by atoms with Crippen molar-refractivity contribution >= 4 is 11.3 Å². The van der Waals surface area contributed by atoms with Crippen molar-refractivity contribution < 1.29 is 0 Å². The number of aromatic nitrogens is 4. The molecule has 0 aromatic carbocycles. The molecule has 0 aliphatic heterocycles. The molecule has 0 amide bonds. The van der Waals surface area contributed by atoms with Gasteiger partial charge in [0, 0.05) is 30.1 Å². The molecule has 1 atom stereocenters. The number of rotatable bonds is 6. The Morgan fingerprint density at radius 1 is 1.53 bits per heavy atom. The molecule has 2 aromatic heterocycles. The van der Waals surface area contributed by atoms with Gasteiger partial charge in [0.05, 0.1) is 5.51 Å². The van der Waals surface area contributed by atoms with Crippen LogP contribution in [-0.2, 0) is 13.0 Å². The van der Waals surface area contributed by atoms with Crippen LogP contribution in [0.4, 0.5) is 0 Å². The van der Waals surface area contributed by atoms with E-state index in [-0.39, 0.29) is 6.04 Å². The summed E-state index contributed by atoms with van der Waals surface area (Å²) in [7, 11) is 1.96. The van der Waals surface area contributed by atoms with Crippen LogP contribution in [0.2, 0.25) is 0 Å². The van der Waals surface area contributed by atoms with Gasteiger partial charge in [-0.05, 0) is 13.5 Å². The van der Waals surface area contributed by atoms with E-state index in [0.29, 0.717) is 0 Å². The largest absolute Gasteiger partial charge is 0.312 e. The monoisotopic (exact) mass is 251 g/mol. The number of hydrogen-bond acceptors (Lipinski definition) is 5. The lowest BCUT2D eigenvalue weighted by Gasteiger charge is -2.13. The van der Waals surface area contributed by atoms with Crippen LogP contribution in [0.15, 0.2) is 18.0 Å². The van der Waals surface area contributed by atoms with Crippen molar-refractivity contribution in [2.24, 2.45) is 0 Å². The van der Waals surface area contributed by atoms with Crippen LogP contribution in [0.25, 0.3) is 0 Å². The molecule has 2 rings (SSSR count). The highest BCUT2D eigenvalue weighted by molar-refractivity contribution is 7.09. The molecule has 2 aromatic rings. The first-order chi connectivity index (χ1) is 8.35. The van der Waals surface area contributed by atoms with Crippen LogP contribution < -0.4 is 5.32 Å². The third kappa shape index (κ3) is 2.89. The van der Waals surface area contributed by atoms with Gasteiger partial charge in [0.1, 0.15) is 12.2 Å². The van der Waals surface area contributed by atoms with Gasteiger partial charge >= 0.3 is 0 Å². The molecule has 2 heterocycles. The van der Waals surface area contributed by atoms with Crippen LogP contribution in [0, 0.1) is 0 Å². The Morgan fingerprint density at radius 2 is 2.41 bits per heavy atom. The number of aryl methyl sites for hydroxylation is 1. The number of likely N-dealkylation sites (N-methyl/N-ethyl adjacent to an activating group) is 1. The fourth-order valence-electron chi connectivity index (χ4n) is 1.77. The van der Waals surface area contributed by atoms with E-state index < -0.39 is 0 Å². The van der Waals surface area contributed by atoms with Gasteiger partial charge in [0.2, 0.25) is 0 Å². The zero-order chi connectivity index (χ0) is 12.1. The van der Waals surface area contributed by atoms with E-state index in [1.54, 1.807) is 17.7 Å². The van der Waals surface area contributed by atoms with E-state index in [2.05, 4.69) is 27.3 Å². The highest BCUT2D eigenvalue weighted by Gasteiger charge is 2.15. The predicted molar refractivity (Wildman–Crippen MR) is 67.9 cm³/mol. The first kappa shape index (κ1) is 12.2. The summed E-state index contributed by atoms with van der Waals surface area (Å²) < 4.78 is 1.98. The number of nitrogens with one attached hydrogen (secondary N) is 1. The van der Waals surface area contributed by atoms with E-state index in [4.69, 9.17) is 0 Å². The second kappa shape index (κ2) is 5.88. The zero-order valence-electron chi connectivity index (χ0n) is 10.1. The van der Waals surface area contributed by atoms with Crippen molar-refractivity contribution in [3.05, 3.63) is 28.7 Å². The Labute approximate surface area is 105 Å². The quantitative estimate of drug-likeness (QED) is 0.848. The summed E-state index contributed by atoms with van der Waals surface area (Å²) in [6.07, 6.45) is 5.45. The molecular weight excluding hydrogens is 234 g/mol. The Morgan fingerprint density at radius 3 is 3.06 bits per heavy atom. The third-order valence-corrected chi connectivity index (χ3v) is 3.55. The van der Waals surface area contributed by atoms with Gasteiger partial charge in [0.25, 0.3) is 0 Å². The second-order valence-electron chi connectivity index (χ2n) is 3.85. The molecule has 5 nitrogen and oxygen atoms in total. The van der Waals surface area contributed by atoms with Gasteiger partial charge in [0.15, 0.2) is 0 Å². The highest BCUT2D eigenvalue weighted by atomic mass is 32.1. The Bertz CT molecular complexity index is 436. The van der Waals surface area contributed by atoms with E-state index in [1.165, 1.54) is 4.88 Å². The van der Waals surface area contributed by atoms with Gasteiger partial charge in [-0.3, -0.25) is 9.67 Å². The van der Waals surface area contributed by atoms with E-state index >= 15 is 0 Å². The lowest BCUT2D eigenvalue weighted by atomic mass is 10.2. The molecule has 1 N–H and O–H groups in total. The smallest absolute Gasteiger partial charge is 0.138 e. The summed E-state index contributed by atoms with van der Waals surface area (Å²) in [4.78, 5) is 9.68. The molecule has 0 saturated carbocycles. The van der Waals surface area contributed by atoms with Crippen LogP contribution in [0.5, 0.6) is 0 Å². The Hall–Kier alpha value is -1.27. The molecule has 1 unspecified atom stereocenters. The molecule has 0 radical (unpaired) electrons. The third-order valence-electron chi connectivity index (χ3n) is 2.66. The maximum Gasteiger partial charge on any atom is 0.138 e. The average Bonchev–Trinajstić information content (AvgIpc) is 2.97. The molecule has 0 aliphatic rings. The minimum absolute atomic E-state index is 0.266. The Kier molecular flexibility index (Phi) is 4.22. The van der Waals surface area contributed by atoms with Crippen molar-refractivity contribution in [3.8, 4) is 0 Å². The SMILES string of the molecule is CCCn1ncnc1CC(NC)c1cncs1. The van der Waals surface area contributed by atoms with Gasteiger partial charge in [-0.25, -0.2) is 4.98 Å². The standard InChI is InChI=1S/C11H17N5S/c1-3-4-16-11(14-7-15-16)5-9(12-2)10-6-13-8-17-10/h6-9,12H,3-5H2,1-2H3.